The predicted octanol–water partition coefficient (Wildman–Crippen LogP) is 3.95. The highest BCUT2D eigenvalue weighted by Crippen LogP contribution is 2.37. The van der Waals surface area contributed by atoms with E-state index in [1.165, 1.54) is 0 Å². The van der Waals surface area contributed by atoms with Crippen LogP contribution >= 0.6 is 0 Å². The number of hydrogen-bond acceptors (Lipinski definition) is 3. The van der Waals surface area contributed by atoms with Crippen molar-refractivity contribution in [1.29, 1.82) is 0 Å². The number of carboxylic acids is 1. The SMILES string of the molecule is Cc1ccccc1C1(C(=O)Nc2ccc(CC(C)C(=O)O)cc2)CCOCC1. The van der Waals surface area contributed by atoms with Crippen molar-refractivity contribution in [1.82, 2.24) is 0 Å². The van der Waals surface area contributed by atoms with Gasteiger partial charge >= 0.3 is 5.97 Å². The second-order valence-corrected chi connectivity index (χ2v) is 7.60. The number of carboxylic acid groups (broad SMARTS) is 1. The summed E-state index contributed by atoms with van der Waals surface area (Å²) in [5.74, 6) is -1.26. The van der Waals surface area contributed by atoms with E-state index in [1.54, 1.807) is 6.92 Å². The normalized spacial score (nSPS) is 16.9. The Morgan fingerprint density at radius 2 is 1.75 bits per heavy atom. The Bertz CT molecular complexity index is 838. The quantitative estimate of drug-likeness (QED) is 0.795. The van der Waals surface area contributed by atoms with Crippen LogP contribution < -0.4 is 5.32 Å². The molecule has 2 N–H and O–H groups in total. The molecule has 1 aliphatic rings. The Hall–Kier alpha value is -2.66. The summed E-state index contributed by atoms with van der Waals surface area (Å²) < 4.78 is 5.53. The van der Waals surface area contributed by atoms with Crippen LogP contribution in [0.3, 0.4) is 0 Å². The number of benzene rings is 2. The smallest absolute Gasteiger partial charge is 0.306 e. The van der Waals surface area contributed by atoms with Crippen LogP contribution in [0.25, 0.3) is 0 Å². The second kappa shape index (κ2) is 8.57. The Morgan fingerprint density at radius 3 is 2.36 bits per heavy atom. The first-order valence-corrected chi connectivity index (χ1v) is 9.69. The third-order valence-electron chi connectivity index (χ3n) is 5.62. The molecule has 1 heterocycles. The van der Waals surface area contributed by atoms with Crippen LogP contribution in [0.15, 0.2) is 48.5 Å². The summed E-state index contributed by atoms with van der Waals surface area (Å²) in [7, 11) is 0. The molecule has 0 saturated carbocycles. The lowest BCUT2D eigenvalue weighted by Gasteiger charge is -2.37. The van der Waals surface area contributed by atoms with E-state index in [0.717, 1.165) is 22.4 Å². The highest BCUT2D eigenvalue weighted by Gasteiger charge is 2.42. The summed E-state index contributed by atoms with van der Waals surface area (Å²) in [6.45, 7) is 4.86. The molecule has 1 unspecified atom stereocenters. The minimum atomic E-state index is -0.808. The van der Waals surface area contributed by atoms with Crippen LogP contribution in [-0.4, -0.2) is 30.2 Å². The average molecular weight is 381 g/mol. The molecule has 28 heavy (non-hydrogen) atoms. The van der Waals surface area contributed by atoms with E-state index in [4.69, 9.17) is 9.84 Å². The number of aliphatic carboxylic acids is 1. The van der Waals surface area contributed by atoms with E-state index >= 15 is 0 Å². The van der Waals surface area contributed by atoms with Gasteiger partial charge in [-0.05, 0) is 55.0 Å². The van der Waals surface area contributed by atoms with Crippen LogP contribution in [0.1, 0.15) is 36.5 Å². The summed E-state index contributed by atoms with van der Waals surface area (Å²) in [5.41, 5.74) is 3.23. The molecule has 0 bridgehead atoms. The maximum Gasteiger partial charge on any atom is 0.306 e. The Kier molecular flexibility index (Phi) is 6.15. The van der Waals surface area contributed by atoms with Gasteiger partial charge in [-0.15, -0.1) is 0 Å². The zero-order valence-electron chi connectivity index (χ0n) is 16.4. The van der Waals surface area contributed by atoms with Gasteiger partial charge in [-0.1, -0.05) is 43.3 Å². The molecular formula is C23H27NO4. The molecule has 5 heteroatoms. The fourth-order valence-electron chi connectivity index (χ4n) is 3.86. The van der Waals surface area contributed by atoms with E-state index in [1.807, 2.05) is 55.5 Å². The van der Waals surface area contributed by atoms with Crippen molar-refractivity contribution in [3.63, 3.8) is 0 Å². The number of aryl methyl sites for hydroxylation is 1. The van der Waals surface area contributed by atoms with Crippen LogP contribution in [-0.2, 0) is 26.2 Å². The molecule has 3 rings (SSSR count). The minimum Gasteiger partial charge on any atom is -0.481 e. The minimum absolute atomic E-state index is 0.0169. The van der Waals surface area contributed by atoms with Gasteiger partial charge in [0.25, 0.3) is 0 Å². The van der Waals surface area contributed by atoms with Crippen LogP contribution in [0.4, 0.5) is 5.69 Å². The molecular weight excluding hydrogens is 354 g/mol. The largest absolute Gasteiger partial charge is 0.481 e. The molecule has 2 aromatic carbocycles. The first kappa shape index (κ1) is 20.1. The Labute approximate surface area is 165 Å². The maximum atomic E-state index is 13.3. The maximum absolute atomic E-state index is 13.3. The lowest BCUT2D eigenvalue weighted by atomic mass is 9.71. The Morgan fingerprint density at radius 1 is 1.11 bits per heavy atom. The zero-order valence-corrected chi connectivity index (χ0v) is 16.4. The Balaban J connectivity index is 1.79. The van der Waals surface area contributed by atoms with Crippen molar-refractivity contribution >= 4 is 17.6 Å². The molecule has 5 nitrogen and oxygen atoms in total. The third kappa shape index (κ3) is 4.25. The fraction of sp³-hybridized carbons (Fsp3) is 0.391. The molecule has 0 radical (unpaired) electrons. The van der Waals surface area contributed by atoms with Gasteiger partial charge in [0.05, 0.1) is 11.3 Å². The second-order valence-electron chi connectivity index (χ2n) is 7.60. The summed E-state index contributed by atoms with van der Waals surface area (Å²) in [6, 6.07) is 15.5. The van der Waals surface area contributed by atoms with Gasteiger partial charge in [-0.25, -0.2) is 0 Å². The fourth-order valence-corrected chi connectivity index (χ4v) is 3.86. The van der Waals surface area contributed by atoms with Crippen molar-refractivity contribution in [3.8, 4) is 0 Å². The highest BCUT2D eigenvalue weighted by atomic mass is 16.5. The topological polar surface area (TPSA) is 75.6 Å². The number of carbonyl (C=O) groups excluding carboxylic acids is 1. The average Bonchev–Trinajstić information content (AvgIpc) is 2.70. The highest BCUT2D eigenvalue weighted by molar-refractivity contribution is 5.99. The van der Waals surface area contributed by atoms with Crippen molar-refractivity contribution in [2.75, 3.05) is 18.5 Å². The molecule has 0 spiro atoms. The molecule has 1 saturated heterocycles. The lowest BCUT2D eigenvalue weighted by molar-refractivity contribution is -0.141. The molecule has 2 aromatic rings. The van der Waals surface area contributed by atoms with E-state index in [9.17, 15) is 9.59 Å². The van der Waals surface area contributed by atoms with Gasteiger partial charge in [0.2, 0.25) is 5.91 Å². The van der Waals surface area contributed by atoms with E-state index in [0.29, 0.717) is 32.5 Å². The lowest BCUT2D eigenvalue weighted by Crippen LogP contribution is -2.45. The molecule has 148 valence electrons. The first-order valence-electron chi connectivity index (χ1n) is 9.69. The number of anilines is 1. The third-order valence-corrected chi connectivity index (χ3v) is 5.62. The van der Waals surface area contributed by atoms with Gasteiger partial charge in [-0.2, -0.15) is 0 Å². The number of amides is 1. The monoisotopic (exact) mass is 381 g/mol. The summed E-state index contributed by atoms with van der Waals surface area (Å²) >= 11 is 0. The predicted molar refractivity (Wildman–Crippen MR) is 108 cm³/mol. The van der Waals surface area contributed by atoms with Gasteiger partial charge in [0.1, 0.15) is 0 Å². The van der Waals surface area contributed by atoms with Crippen molar-refractivity contribution < 1.29 is 19.4 Å². The summed E-state index contributed by atoms with van der Waals surface area (Å²) in [6.07, 6.45) is 1.77. The summed E-state index contributed by atoms with van der Waals surface area (Å²) in [5, 5.41) is 12.1. The van der Waals surface area contributed by atoms with E-state index < -0.39 is 17.3 Å². The van der Waals surface area contributed by atoms with Crippen molar-refractivity contribution in [3.05, 3.63) is 65.2 Å². The number of hydrogen-bond donors (Lipinski definition) is 2. The molecule has 0 aromatic heterocycles. The van der Waals surface area contributed by atoms with Gasteiger partial charge in [0.15, 0.2) is 0 Å². The number of carbonyl (C=O) groups is 2. The van der Waals surface area contributed by atoms with Gasteiger partial charge < -0.3 is 15.2 Å². The van der Waals surface area contributed by atoms with Crippen molar-refractivity contribution in [2.24, 2.45) is 5.92 Å². The standard InChI is InChI=1S/C23H27NO4/c1-16-5-3-4-6-20(16)23(11-13-28-14-12-23)22(27)24-19-9-7-18(8-10-19)15-17(2)21(25)26/h3-10,17H,11-15H2,1-2H3,(H,24,27)(H,25,26). The molecule has 1 aliphatic heterocycles. The van der Waals surface area contributed by atoms with Gasteiger partial charge in [-0.3, -0.25) is 9.59 Å². The molecule has 1 amide bonds. The van der Waals surface area contributed by atoms with E-state index in [-0.39, 0.29) is 5.91 Å². The molecule has 1 atom stereocenters. The van der Waals surface area contributed by atoms with Crippen LogP contribution in [0.2, 0.25) is 0 Å². The zero-order chi connectivity index (χ0) is 20.1. The van der Waals surface area contributed by atoms with Crippen molar-refractivity contribution in [2.45, 2.75) is 38.5 Å². The number of ether oxygens (including phenoxy) is 1. The first-order chi connectivity index (χ1) is 13.4. The van der Waals surface area contributed by atoms with Crippen LogP contribution in [0, 0.1) is 12.8 Å². The van der Waals surface area contributed by atoms with E-state index in [2.05, 4.69) is 5.32 Å². The molecule has 1 fully saturated rings. The van der Waals surface area contributed by atoms with Crippen LogP contribution in [0.5, 0.6) is 0 Å². The number of rotatable bonds is 6. The van der Waals surface area contributed by atoms with Gasteiger partial charge in [0, 0.05) is 18.9 Å². The summed E-state index contributed by atoms with van der Waals surface area (Å²) in [4.78, 5) is 24.4. The molecule has 0 aliphatic carbocycles. The number of nitrogens with one attached hydrogen (secondary N) is 1.